The van der Waals surface area contributed by atoms with Gasteiger partial charge in [0.05, 0.1) is 0 Å². The lowest BCUT2D eigenvalue weighted by Crippen LogP contribution is -2.43. The van der Waals surface area contributed by atoms with Gasteiger partial charge in [0.1, 0.15) is 0 Å². The summed E-state index contributed by atoms with van der Waals surface area (Å²) in [6, 6.07) is 1.91. The zero-order valence-electron chi connectivity index (χ0n) is 13.9. The molecule has 0 aromatic carbocycles. The zero-order valence-corrected chi connectivity index (χ0v) is 13.9. The van der Waals surface area contributed by atoms with Crippen LogP contribution in [0.2, 0.25) is 0 Å². The number of hydrogen-bond acceptors (Lipinski definition) is 3. The fraction of sp³-hybridized carbons (Fsp3) is 1.00. The second kappa shape index (κ2) is 8.89. The molecule has 0 rings (SSSR count). The normalized spacial score (nSPS) is 13.0. The second-order valence-electron chi connectivity index (χ2n) is 6.30. The molecule has 0 aliphatic carbocycles. The first-order chi connectivity index (χ1) is 8.25. The van der Waals surface area contributed by atoms with Crippen molar-refractivity contribution in [2.45, 2.75) is 59.7 Å². The summed E-state index contributed by atoms with van der Waals surface area (Å²) in [5, 5.41) is 0. The molecular weight excluding hydrogens is 222 g/mol. The van der Waals surface area contributed by atoms with Crippen LogP contribution in [0.15, 0.2) is 0 Å². The predicted octanol–water partition coefficient (Wildman–Crippen LogP) is 2.38. The molecule has 0 bridgehead atoms. The van der Waals surface area contributed by atoms with E-state index in [1.807, 2.05) is 0 Å². The molecule has 3 heteroatoms. The van der Waals surface area contributed by atoms with Crippen molar-refractivity contribution < 1.29 is 0 Å². The van der Waals surface area contributed by atoms with Gasteiger partial charge in [-0.3, -0.25) is 4.90 Å². The average Bonchev–Trinajstić information content (AvgIpc) is 2.24. The highest BCUT2D eigenvalue weighted by atomic mass is 15.2. The summed E-state index contributed by atoms with van der Waals surface area (Å²) >= 11 is 0. The fourth-order valence-corrected chi connectivity index (χ4v) is 2.10. The molecule has 0 aliphatic rings. The summed E-state index contributed by atoms with van der Waals surface area (Å²) < 4.78 is 0. The van der Waals surface area contributed by atoms with Crippen molar-refractivity contribution in [2.75, 3.05) is 40.3 Å². The van der Waals surface area contributed by atoms with Crippen LogP contribution in [0.4, 0.5) is 0 Å². The van der Waals surface area contributed by atoms with Gasteiger partial charge in [0.15, 0.2) is 0 Å². The van der Waals surface area contributed by atoms with Crippen LogP contribution >= 0.6 is 0 Å². The van der Waals surface area contributed by atoms with Gasteiger partial charge in [0.25, 0.3) is 0 Å². The Hall–Kier alpha value is -0.120. The predicted molar refractivity (Wildman–Crippen MR) is 82.2 cm³/mol. The third-order valence-corrected chi connectivity index (χ3v) is 3.78. The summed E-state index contributed by atoms with van der Waals surface area (Å²) in [5.41, 5.74) is 0. The molecule has 0 saturated carbocycles. The number of nitrogens with zero attached hydrogens (tertiary/aromatic N) is 3. The summed E-state index contributed by atoms with van der Waals surface area (Å²) in [6.45, 7) is 18.3. The molecule has 0 saturated heterocycles. The van der Waals surface area contributed by atoms with Crippen LogP contribution in [-0.4, -0.2) is 73.1 Å². The molecule has 0 unspecified atom stereocenters. The lowest BCUT2D eigenvalue weighted by atomic mass is 10.2. The van der Waals surface area contributed by atoms with Gasteiger partial charge in [-0.1, -0.05) is 0 Å². The summed E-state index contributed by atoms with van der Waals surface area (Å²) in [5.74, 6) is 0. The highest BCUT2D eigenvalue weighted by molar-refractivity contribution is 4.69. The molecular formula is C15H35N3. The summed E-state index contributed by atoms with van der Waals surface area (Å²) in [6.07, 6.45) is 0. The van der Waals surface area contributed by atoms with Crippen molar-refractivity contribution in [1.29, 1.82) is 0 Å². The Balaban J connectivity index is 3.91. The van der Waals surface area contributed by atoms with Gasteiger partial charge in [0.2, 0.25) is 0 Å². The van der Waals surface area contributed by atoms with Gasteiger partial charge >= 0.3 is 0 Å². The van der Waals surface area contributed by atoms with E-state index in [2.05, 4.69) is 70.3 Å². The van der Waals surface area contributed by atoms with Crippen molar-refractivity contribution in [1.82, 2.24) is 14.7 Å². The maximum absolute atomic E-state index is 2.56. The maximum Gasteiger partial charge on any atom is 0.0115 e. The van der Waals surface area contributed by atoms with Crippen LogP contribution in [0.25, 0.3) is 0 Å². The van der Waals surface area contributed by atoms with Crippen LogP contribution < -0.4 is 0 Å². The highest BCUT2D eigenvalue weighted by Crippen LogP contribution is 2.04. The molecule has 0 N–H and O–H groups in total. The quantitative estimate of drug-likeness (QED) is 0.628. The first-order valence-electron chi connectivity index (χ1n) is 7.40. The third kappa shape index (κ3) is 7.34. The summed E-state index contributed by atoms with van der Waals surface area (Å²) in [7, 11) is 4.43. The molecule has 0 heterocycles. The first kappa shape index (κ1) is 17.9. The molecule has 0 atom stereocenters. The van der Waals surface area contributed by atoms with Gasteiger partial charge in [-0.2, -0.15) is 0 Å². The van der Waals surface area contributed by atoms with E-state index >= 15 is 0 Å². The van der Waals surface area contributed by atoms with E-state index < -0.39 is 0 Å². The minimum absolute atomic E-state index is 0.636. The largest absolute Gasteiger partial charge is 0.304 e. The van der Waals surface area contributed by atoms with Gasteiger partial charge in [-0.15, -0.1) is 0 Å². The number of likely N-dealkylation sites (N-methyl/N-ethyl adjacent to an activating group) is 2. The maximum atomic E-state index is 2.56. The molecule has 3 nitrogen and oxygen atoms in total. The van der Waals surface area contributed by atoms with Crippen molar-refractivity contribution >= 4 is 0 Å². The second-order valence-corrected chi connectivity index (χ2v) is 6.30. The van der Waals surface area contributed by atoms with E-state index in [9.17, 15) is 0 Å². The van der Waals surface area contributed by atoms with Crippen LogP contribution in [-0.2, 0) is 0 Å². The fourth-order valence-electron chi connectivity index (χ4n) is 2.10. The highest BCUT2D eigenvalue weighted by Gasteiger charge is 2.13. The topological polar surface area (TPSA) is 9.72 Å². The smallest absolute Gasteiger partial charge is 0.0115 e. The van der Waals surface area contributed by atoms with Crippen LogP contribution in [0.5, 0.6) is 0 Å². The van der Waals surface area contributed by atoms with Crippen molar-refractivity contribution in [3.8, 4) is 0 Å². The third-order valence-electron chi connectivity index (χ3n) is 3.78. The Morgan fingerprint density at radius 2 is 1.06 bits per heavy atom. The van der Waals surface area contributed by atoms with E-state index in [4.69, 9.17) is 0 Å². The molecule has 18 heavy (non-hydrogen) atoms. The minimum Gasteiger partial charge on any atom is -0.304 e. The Morgan fingerprint density at radius 3 is 1.44 bits per heavy atom. The Morgan fingerprint density at radius 1 is 0.611 bits per heavy atom. The van der Waals surface area contributed by atoms with E-state index in [1.54, 1.807) is 0 Å². The van der Waals surface area contributed by atoms with Crippen molar-refractivity contribution in [3.05, 3.63) is 0 Å². The molecule has 110 valence electrons. The molecule has 0 fully saturated rings. The lowest BCUT2D eigenvalue weighted by Gasteiger charge is -2.32. The van der Waals surface area contributed by atoms with E-state index in [0.717, 1.165) is 26.2 Å². The monoisotopic (exact) mass is 257 g/mol. The van der Waals surface area contributed by atoms with Gasteiger partial charge in [-0.05, 0) is 55.6 Å². The van der Waals surface area contributed by atoms with Crippen LogP contribution in [0.1, 0.15) is 41.5 Å². The Bertz CT molecular complexity index is 194. The zero-order chi connectivity index (χ0) is 14.3. The molecule has 0 aromatic heterocycles. The van der Waals surface area contributed by atoms with E-state index in [0.29, 0.717) is 18.1 Å². The van der Waals surface area contributed by atoms with Crippen molar-refractivity contribution in [2.24, 2.45) is 0 Å². The average molecular weight is 257 g/mol. The minimum atomic E-state index is 0.636. The molecule has 0 amide bonds. The van der Waals surface area contributed by atoms with E-state index in [-0.39, 0.29) is 0 Å². The molecule has 0 spiro atoms. The lowest BCUT2D eigenvalue weighted by molar-refractivity contribution is 0.145. The first-order valence-corrected chi connectivity index (χ1v) is 7.40. The molecule has 0 aromatic rings. The van der Waals surface area contributed by atoms with Gasteiger partial charge in [0, 0.05) is 44.3 Å². The number of rotatable bonds is 9. The molecule has 0 aliphatic heterocycles. The van der Waals surface area contributed by atoms with Crippen LogP contribution in [0, 0.1) is 0 Å². The number of hydrogen-bond donors (Lipinski definition) is 0. The summed E-state index contributed by atoms with van der Waals surface area (Å²) in [4.78, 5) is 7.40. The Kier molecular flexibility index (Phi) is 8.83. The van der Waals surface area contributed by atoms with Crippen molar-refractivity contribution in [3.63, 3.8) is 0 Å². The standard InChI is InChI=1S/C15H35N3/c1-13(2)17(8)11-9-16(7)10-12-18(14(3)4)15(5)6/h13-15H,9-12H2,1-8H3. The molecule has 0 radical (unpaired) electrons. The van der Waals surface area contributed by atoms with Gasteiger partial charge in [-0.25, -0.2) is 0 Å². The SMILES string of the molecule is CC(C)N(C)CCN(C)CCN(C(C)C)C(C)C. The van der Waals surface area contributed by atoms with E-state index in [1.165, 1.54) is 0 Å². The Labute approximate surface area is 115 Å². The van der Waals surface area contributed by atoms with Gasteiger partial charge < -0.3 is 9.80 Å². The van der Waals surface area contributed by atoms with Crippen LogP contribution in [0.3, 0.4) is 0 Å².